The summed E-state index contributed by atoms with van der Waals surface area (Å²) in [5.41, 5.74) is 2.74. The van der Waals surface area contributed by atoms with E-state index in [1.807, 2.05) is 0 Å². The number of nitrogens with one attached hydrogen (secondary N) is 1. The van der Waals surface area contributed by atoms with Gasteiger partial charge in [-0.1, -0.05) is 13.8 Å². The third-order valence-electron chi connectivity index (χ3n) is 4.21. The lowest BCUT2D eigenvalue weighted by molar-refractivity contribution is 0.0837. The number of hydrogen-bond donors (Lipinski definition) is 1. The van der Waals surface area contributed by atoms with E-state index in [1.165, 1.54) is 30.1 Å². The zero-order valence-electron chi connectivity index (χ0n) is 10.8. The van der Waals surface area contributed by atoms with Crippen LogP contribution in [0, 0.1) is 5.92 Å². The fourth-order valence-corrected chi connectivity index (χ4v) is 3.32. The number of imidazole rings is 1. The Bertz CT molecular complexity index is 393. The molecule has 0 saturated carbocycles. The fourth-order valence-electron chi connectivity index (χ4n) is 3.32. The minimum absolute atomic E-state index is 0.594. The van der Waals surface area contributed by atoms with Crippen LogP contribution in [0.2, 0.25) is 0 Å². The van der Waals surface area contributed by atoms with Gasteiger partial charge in [-0.25, -0.2) is 4.98 Å². The first-order chi connectivity index (χ1) is 8.24. The van der Waals surface area contributed by atoms with Crippen molar-refractivity contribution in [3.05, 3.63) is 17.2 Å². The Balaban J connectivity index is 1.85. The highest BCUT2D eigenvalue weighted by Gasteiger charge is 2.27. The van der Waals surface area contributed by atoms with E-state index in [0.29, 0.717) is 11.8 Å². The molecule has 1 aromatic heterocycles. The highest BCUT2D eigenvalue weighted by atomic mass is 16.5. The highest BCUT2D eigenvalue weighted by Crippen LogP contribution is 2.35. The Labute approximate surface area is 103 Å². The average Bonchev–Trinajstić information content (AvgIpc) is 2.74. The summed E-state index contributed by atoms with van der Waals surface area (Å²) in [4.78, 5) is 8.48. The van der Waals surface area contributed by atoms with E-state index in [0.717, 1.165) is 32.0 Å². The molecule has 2 heterocycles. The van der Waals surface area contributed by atoms with Gasteiger partial charge in [-0.15, -0.1) is 0 Å². The first-order valence-corrected chi connectivity index (χ1v) is 6.90. The number of hydrogen-bond acceptors (Lipinski definition) is 2. The van der Waals surface area contributed by atoms with Gasteiger partial charge >= 0.3 is 0 Å². The molecular formula is C14H22N2O. The maximum atomic E-state index is 5.42. The van der Waals surface area contributed by atoms with Crippen LogP contribution in [-0.2, 0) is 11.2 Å². The highest BCUT2D eigenvalue weighted by molar-refractivity contribution is 5.23. The summed E-state index contributed by atoms with van der Waals surface area (Å²) in [6, 6.07) is 0. The molecule has 3 nitrogen and oxygen atoms in total. The van der Waals surface area contributed by atoms with Crippen molar-refractivity contribution in [2.75, 3.05) is 13.2 Å². The van der Waals surface area contributed by atoms with E-state index >= 15 is 0 Å². The van der Waals surface area contributed by atoms with E-state index in [2.05, 4.69) is 18.8 Å². The summed E-state index contributed by atoms with van der Waals surface area (Å²) in [6.07, 6.45) is 4.70. The van der Waals surface area contributed by atoms with Crippen molar-refractivity contribution in [3.8, 4) is 0 Å². The lowest BCUT2D eigenvalue weighted by Gasteiger charge is -2.22. The summed E-state index contributed by atoms with van der Waals surface area (Å²) in [7, 11) is 0. The topological polar surface area (TPSA) is 37.9 Å². The van der Waals surface area contributed by atoms with E-state index in [1.54, 1.807) is 0 Å². The van der Waals surface area contributed by atoms with Gasteiger partial charge in [0.25, 0.3) is 0 Å². The molecule has 1 aliphatic heterocycles. The van der Waals surface area contributed by atoms with Gasteiger partial charge in [-0.3, -0.25) is 0 Å². The number of nitrogens with zero attached hydrogens (tertiary/aromatic N) is 1. The predicted molar refractivity (Wildman–Crippen MR) is 67.3 cm³/mol. The van der Waals surface area contributed by atoms with Gasteiger partial charge in [0.05, 0.1) is 5.69 Å². The van der Waals surface area contributed by atoms with Gasteiger partial charge in [-0.05, 0) is 31.6 Å². The standard InChI is InChI=1S/C14H22N2O/c1-9-7-10(2)13-12(8-9)15-14(16-13)11-3-5-17-6-4-11/h9-11H,3-8H2,1-2H3,(H,15,16). The Hall–Kier alpha value is -0.830. The Morgan fingerprint density at radius 2 is 2.00 bits per heavy atom. The largest absolute Gasteiger partial charge is 0.381 e. The van der Waals surface area contributed by atoms with E-state index in [4.69, 9.17) is 9.72 Å². The van der Waals surface area contributed by atoms with Crippen molar-refractivity contribution in [2.45, 2.75) is 51.4 Å². The summed E-state index contributed by atoms with van der Waals surface area (Å²) in [6.45, 7) is 6.43. The molecule has 2 aliphatic rings. The fraction of sp³-hybridized carbons (Fsp3) is 0.786. The van der Waals surface area contributed by atoms with Crippen LogP contribution in [0.25, 0.3) is 0 Å². The van der Waals surface area contributed by atoms with Crippen molar-refractivity contribution in [1.29, 1.82) is 0 Å². The summed E-state index contributed by atoms with van der Waals surface area (Å²) < 4.78 is 5.42. The van der Waals surface area contributed by atoms with Gasteiger partial charge < -0.3 is 9.72 Å². The third kappa shape index (κ3) is 2.13. The van der Waals surface area contributed by atoms with Crippen molar-refractivity contribution < 1.29 is 4.74 Å². The molecule has 1 aromatic rings. The molecule has 0 amide bonds. The molecule has 0 bridgehead atoms. The van der Waals surface area contributed by atoms with E-state index < -0.39 is 0 Å². The van der Waals surface area contributed by atoms with Crippen LogP contribution in [0.1, 0.15) is 62.2 Å². The second kappa shape index (κ2) is 4.45. The molecule has 1 N–H and O–H groups in total. The number of H-pyrrole nitrogens is 1. The lowest BCUT2D eigenvalue weighted by atomic mass is 9.84. The normalized spacial score (nSPS) is 30.2. The third-order valence-corrected chi connectivity index (χ3v) is 4.21. The zero-order valence-corrected chi connectivity index (χ0v) is 10.8. The molecule has 3 heteroatoms. The van der Waals surface area contributed by atoms with Crippen molar-refractivity contribution in [3.63, 3.8) is 0 Å². The SMILES string of the molecule is CC1Cc2[nH]c(C3CCOCC3)nc2C(C)C1. The molecule has 3 rings (SSSR count). The second-order valence-electron chi connectivity index (χ2n) is 5.82. The first kappa shape index (κ1) is 11.3. The number of ether oxygens (including phenoxy) is 1. The molecule has 0 spiro atoms. The number of rotatable bonds is 1. The Kier molecular flexibility index (Phi) is 2.95. The van der Waals surface area contributed by atoms with E-state index in [-0.39, 0.29) is 0 Å². The summed E-state index contributed by atoms with van der Waals surface area (Å²) >= 11 is 0. The lowest BCUT2D eigenvalue weighted by Crippen LogP contribution is -2.15. The maximum Gasteiger partial charge on any atom is 0.109 e. The van der Waals surface area contributed by atoms with Crippen LogP contribution in [-0.4, -0.2) is 23.2 Å². The zero-order chi connectivity index (χ0) is 11.8. The second-order valence-corrected chi connectivity index (χ2v) is 5.82. The molecule has 17 heavy (non-hydrogen) atoms. The molecule has 2 atom stereocenters. The van der Waals surface area contributed by atoms with Crippen molar-refractivity contribution >= 4 is 0 Å². The Morgan fingerprint density at radius 3 is 2.76 bits per heavy atom. The number of aromatic amines is 1. The van der Waals surface area contributed by atoms with Crippen molar-refractivity contribution in [2.24, 2.45) is 5.92 Å². The molecule has 1 aliphatic carbocycles. The Morgan fingerprint density at radius 1 is 1.24 bits per heavy atom. The van der Waals surface area contributed by atoms with Gasteiger partial charge in [-0.2, -0.15) is 0 Å². The molecule has 0 aromatic carbocycles. The van der Waals surface area contributed by atoms with Gasteiger partial charge in [0.1, 0.15) is 5.82 Å². The van der Waals surface area contributed by atoms with Crippen LogP contribution < -0.4 is 0 Å². The number of aromatic nitrogens is 2. The molecule has 1 fully saturated rings. The van der Waals surface area contributed by atoms with Crippen LogP contribution >= 0.6 is 0 Å². The van der Waals surface area contributed by atoms with Crippen LogP contribution in [0.5, 0.6) is 0 Å². The molecular weight excluding hydrogens is 212 g/mol. The first-order valence-electron chi connectivity index (χ1n) is 6.90. The van der Waals surface area contributed by atoms with Crippen LogP contribution in [0.3, 0.4) is 0 Å². The maximum absolute atomic E-state index is 5.42. The minimum atomic E-state index is 0.594. The molecule has 2 unspecified atom stereocenters. The van der Waals surface area contributed by atoms with Gasteiger partial charge in [0.15, 0.2) is 0 Å². The van der Waals surface area contributed by atoms with E-state index in [9.17, 15) is 0 Å². The monoisotopic (exact) mass is 234 g/mol. The summed E-state index contributed by atoms with van der Waals surface area (Å²) in [5.74, 6) is 3.23. The van der Waals surface area contributed by atoms with Crippen LogP contribution in [0.4, 0.5) is 0 Å². The summed E-state index contributed by atoms with van der Waals surface area (Å²) in [5, 5.41) is 0. The van der Waals surface area contributed by atoms with Gasteiger partial charge in [0, 0.05) is 30.7 Å². The predicted octanol–water partition coefficient (Wildman–Crippen LogP) is 2.99. The average molecular weight is 234 g/mol. The van der Waals surface area contributed by atoms with Crippen molar-refractivity contribution in [1.82, 2.24) is 9.97 Å². The quantitative estimate of drug-likeness (QED) is 0.811. The minimum Gasteiger partial charge on any atom is -0.381 e. The molecule has 1 saturated heterocycles. The molecule has 94 valence electrons. The van der Waals surface area contributed by atoms with Gasteiger partial charge in [0.2, 0.25) is 0 Å². The number of fused-ring (bicyclic) bond motifs is 1. The van der Waals surface area contributed by atoms with Crippen LogP contribution in [0.15, 0.2) is 0 Å². The molecule has 0 radical (unpaired) electrons. The smallest absolute Gasteiger partial charge is 0.109 e.